The minimum Gasteiger partial charge on any atom is -0.338 e. The van der Waals surface area contributed by atoms with Crippen molar-refractivity contribution < 1.29 is 26.4 Å². The molecule has 4 nitrogen and oxygen atoms in total. The third kappa shape index (κ3) is 4.72. The lowest BCUT2D eigenvalue weighted by atomic mass is 10.1. The number of amides is 1. The first-order valence-corrected chi connectivity index (χ1v) is 9.60. The zero-order valence-corrected chi connectivity index (χ0v) is 14.2. The van der Waals surface area contributed by atoms with Crippen LogP contribution in [0.15, 0.2) is 24.3 Å². The van der Waals surface area contributed by atoms with Crippen molar-refractivity contribution in [1.29, 1.82) is 0 Å². The minimum absolute atomic E-state index is 0.0503. The molecule has 1 fully saturated rings. The average Bonchev–Trinajstić information content (AvgIpc) is 2.84. The molecule has 1 atom stereocenters. The third-order valence-electron chi connectivity index (χ3n) is 4.04. The number of hydrogen-bond acceptors (Lipinski definition) is 3. The molecule has 1 heterocycles. The normalized spacial score (nSPS) is 20.1. The third-order valence-corrected chi connectivity index (χ3v) is 5.79. The van der Waals surface area contributed by atoms with Gasteiger partial charge in [-0.05, 0) is 24.5 Å². The van der Waals surface area contributed by atoms with Crippen molar-refractivity contribution in [2.75, 3.05) is 18.1 Å². The van der Waals surface area contributed by atoms with Crippen LogP contribution in [-0.4, -0.2) is 43.3 Å². The van der Waals surface area contributed by atoms with Gasteiger partial charge in [0, 0.05) is 12.6 Å². The molecule has 0 radical (unpaired) electrons. The first-order valence-electron chi connectivity index (χ1n) is 7.78. The van der Waals surface area contributed by atoms with Crippen molar-refractivity contribution in [2.45, 2.75) is 38.4 Å². The molecule has 0 saturated carbocycles. The lowest BCUT2D eigenvalue weighted by Gasteiger charge is -2.28. The zero-order chi connectivity index (χ0) is 18.0. The van der Waals surface area contributed by atoms with E-state index in [0.29, 0.717) is 19.4 Å². The van der Waals surface area contributed by atoms with E-state index in [9.17, 15) is 26.4 Å². The highest BCUT2D eigenvalue weighted by Crippen LogP contribution is 2.29. The molecule has 0 aromatic heterocycles. The van der Waals surface area contributed by atoms with Crippen LogP contribution in [0.2, 0.25) is 0 Å². The maximum Gasteiger partial charge on any atom is 0.416 e. The van der Waals surface area contributed by atoms with Crippen molar-refractivity contribution in [3.63, 3.8) is 0 Å². The number of carbonyl (C=O) groups is 1. The van der Waals surface area contributed by atoms with Gasteiger partial charge in [0.1, 0.15) is 0 Å². The Morgan fingerprint density at radius 3 is 2.58 bits per heavy atom. The van der Waals surface area contributed by atoms with Gasteiger partial charge in [-0.3, -0.25) is 4.79 Å². The van der Waals surface area contributed by atoms with E-state index in [1.807, 2.05) is 6.92 Å². The molecule has 0 N–H and O–H groups in total. The van der Waals surface area contributed by atoms with Crippen LogP contribution in [0.5, 0.6) is 0 Å². The van der Waals surface area contributed by atoms with Crippen LogP contribution in [0.25, 0.3) is 0 Å². The molecule has 1 aromatic carbocycles. The quantitative estimate of drug-likeness (QED) is 0.808. The Bertz CT molecular complexity index is 701. The van der Waals surface area contributed by atoms with E-state index >= 15 is 0 Å². The SMILES string of the molecule is CCCN(C(=O)Cc1cccc(C(F)(F)F)c1)C1CCS(=O)(=O)C1. The van der Waals surface area contributed by atoms with Gasteiger partial charge in [-0.2, -0.15) is 13.2 Å². The summed E-state index contributed by atoms with van der Waals surface area (Å²) in [5.41, 5.74) is -0.518. The Morgan fingerprint density at radius 2 is 2.04 bits per heavy atom. The molecule has 1 aliphatic heterocycles. The number of rotatable bonds is 5. The van der Waals surface area contributed by atoms with Gasteiger partial charge >= 0.3 is 6.18 Å². The molecule has 1 aliphatic rings. The summed E-state index contributed by atoms with van der Waals surface area (Å²) in [5, 5.41) is 0. The highest BCUT2D eigenvalue weighted by molar-refractivity contribution is 7.91. The summed E-state index contributed by atoms with van der Waals surface area (Å²) < 4.78 is 61.5. The summed E-state index contributed by atoms with van der Waals surface area (Å²) in [4.78, 5) is 14.0. The summed E-state index contributed by atoms with van der Waals surface area (Å²) in [6, 6.07) is 4.29. The summed E-state index contributed by atoms with van der Waals surface area (Å²) in [6.07, 6.45) is -3.58. The first-order chi connectivity index (χ1) is 11.1. The number of hydrogen-bond donors (Lipinski definition) is 0. The molecule has 24 heavy (non-hydrogen) atoms. The average molecular weight is 363 g/mol. The molecule has 134 valence electrons. The van der Waals surface area contributed by atoms with E-state index < -0.39 is 21.6 Å². The smallest absolute Gasteiger partial charge is 0.338 e. The van der Waals surface area contributed by atoms with Gasteiger partial charge in [0.2, 0.25) is 5.91 Å². The van der Waals surface area contributed by atoms with Gasteiger partial charge in [0.15, 0.2) is 9.84 Å². The van der Waals surface area contributed by atoms with Crippen LogP contribution >= 0.6 is 0 Å². The Hall–Kier alpha value is -1.57. The summed E-state index contributed by atoms with van der Waals surface area (Å²) >= 11 is 0. The Balaban J connectivity index is 2.14. The van der Waals surface area contributed by atoms with E-state index in [1.165, 1.54) is 17.0 Å². The second-order valence-corrected chi connectivity index (χ2v) is 8.25. The van der Waals surface area contributed by atoms with E-state index in [0.717, 1.165) is 12.1 Å². The van der Waals surface area contributed by atoms with Gasteiger partial charge in [-0.15, -0.1) is 0 Å². The topological polar surface area (TPSA) is 54.5 Å². The van der Waals surface area contributed by atoms with Crippen molar-refractivity contribution >= 4 is 15.7 Å². The standard InChI is InChI=1S/C16H20F3NO3S/c1-2-7-20(14-6-8-24(22,23)11-14)15(21)10-12-4-3-5-13(9-12)16(17,18)19/h3-5,9,14H,2,6-8,10-11H2,1H3. The van der Waals surface area contributed by atoms with Crippen LogP contribution in [0.3, 0.4) is 0 Å². The maximum absolute atomic E-state index is 12.8. The summed E-state index contributed by atoms with van der Waals surface area (Å²) in [6.45, 7) is 2.27. The lowest BCUT2D eigenvalue weighted by Crippen LogP contribution is -2.42. The second kappa shape index (κ2) is 7.13. The molecule has 8 heteroatoms. The van der Waals surface area contributed by atoms with Gasteiger partial charge < -0.3 is 4.90 Å². The fourth-order valence-corrected chi connectivity index (χ4v) is 4.64. The molecule has 1 amide bonds. The molecule has 0 bridgehead atoms. The minimum atomic E-state index is -4.46. The van der Waals surface area contributed by atoms with Gasteiger partial charge in [0.05, 0.1) is 23.5 Å². The zero-order valence-electron chi connectivity index (χ0n) is 13.3. The first kappa shape index (κ1) is 18.8. The fraction of sp³-hybridized carbons (Fsp3) is 0.562. The second-order valence-electron chi connectivity index (χ2n) is 6.02. The fourth-order valence-electron chi connectivity index (χ4n) is 2.91. The van der Waals surface area contributed by atoms with Crippen LogP contribution in [0, 0.1) is 0 Å². The van der Waals surface area contributed by atoms with Crippen LogP contribution in [-0.2, 0) is 27.2 Å². The largest absolute Gasteiger partial charge is 0.416 e. The number of sulfone groups is 1. The molecule has 2 rings (SSSR count). The van der Waals surface area contributed by atoms with Crippen molar-refractivity contribution in [1.82, 2.24) is 4.90 Å². The highest BCUT2D eigenvalue weighted by atomic mass is 32.2. The monoisotopic (exact) mass is 363 g/mol. The number of halogens is 3. The van der Waals surface area contributed by atoms with Crippen LogP contribution in [0.4, 0.5) is 13.2 Å². The maximum atomic E-state index is 12.8. The molecular formula is C16H20F3NO3S. The number of carbonyl (C=O) groups excluding carboxylic acids is 1. The molecule has 1 aromatic rings. The van der Waals surface area contributed by atoms with E-state index in [1.54, 1.807) is 0 Å². The van der Waals surface area contributed by atoms with Crippen molar-refractivity contribution in [2.24, 2.45) is 0 Å². The van der Waals surface area contributed by atoms with Gasteiger partial charge in [-0.1, -0.05) is 25.1 Å². The Labute approximate surface area is 139 Å². The molecular weight excluding hydrogens is 343 g/mol. The molecule has 0 spiro atoms. The van der Waals surface area contributed by atoms with E-state index in [-0.39, 0.29) is 35.4 Å². The predicted molar refractivity (Wildman–Crippen MR) is 84.2 cm³/mol. The van der Waals surface area contributed by atoms with Crippen molar-refractivity contribution in [3.8, 4) is 0 Å². The van der Waals surface area contributed by atoms with E-state index in [4.69, 9.17) is 0 Å². The van der Waals surface area contributed by atoms with Crippen LogP contribution in [0.1, 0.15) is 30.9 Å². The van der Waals surface area contributed by atoms with Crippen LogP contribution < -0.4 is 0 Å². The summed E-state index contributed by atoms with van der Waals surface area (Å²) in [5.74, 6) is -0.353. The van der Waals surface area contributed by atoms with Gasteiger partial charge in [-0.25, -0.2) is 8.42 Å². The summed E-state index contributed by atoms with van der Waals surface area (Å²) in [7, 11) is -3.13. The molecule has 0 aliphatic carbocycles. The Kier molecular flexibility index (Phi) is 5.57. The van der Waals surface area contributed by atoms with Gasteiger partial charge in [0.25, 0.3) is 0 Å². The lowest BCUT2D eigenvalue weighted by molar-refractivity contribution is -0.138. The Morgan fingerprint density at radius 1 is 1.33 bits per heavy atom. The number of nitrogens with zero attached hydrogens (tertiary/aromatic N) is 1. The van der Waals surface area contributed by atoms with E-state index in [2.05, 4.69) is 0 Å². The highest BCUT2D eigenvalue weighted by Gasteiger charge is 2.34. The molecule has 1 unspecified atom stereocenters. The number of benzene rings is 1. The molecule has 1 saturated heterocycles. The van der Waals surface area contributed by atoms with Crippen molar-refractivity contribution in [3.05, 3.63) is 35.4 Å². The number of alkyl halides is 3. The predicted octanol–water partition coefficient (Wildman–Crippen LogP) is 2.67.